The highest BCUT2D eigenvalue weighted by Gasteiger charge is 2.00. The van der Waals surface area contributed by atoms with Crippen LogP contribution in [0.15, 0.2) is 42.5 Å². The van der Waals surface area contributed by atoms with Crippen LogP contribution < -0.4 is 10.1 Å². The molecule has 0 unspecified atom stereocenters. The topological polar surface area (TPSA) is 21.3 Å². The van der Waals surface area contributed by atoms with Gasteiger partial charge in [-0.25, -0.2) is 0 Å². The molecule has 3 heteroatoms. The minimum Gasteiger partial charge on any atom is -0.489 e. The summed E-state index contributed by atoms with van der Waals surface area (Å²) in [5.74, 6) is 0.855. The van der Waals surface area contributed by atoms with Gasteiger partial charge in [-0.1, -0.05) is 42.8 Å². The molecule has 0 bridgehead atoms. The van der Waals surface area contributed by atoms with Gasteiger partial charge in [0.25, 0.3) is 0 Å². The summed E-state index contributed by atoms with van der Waals surface area (Å²) in [5.41, 5.74) is 3.56. The van der Waals surface area contributed by atoms with Gasteiger partial charge in [-0.2, -0.15) is 0 Å². The summed E-state index contributed by atoms with van der Waals surface area (Å²) in [6.45, 7) is 6.73. The van der Waals surface area contributed by atoms with E-state index in [1.165, 1.54) is 11.1 Å². The second kappa shape index (κ2) is 8.06. The van der Waals surface area contributed by atoms with Crippen LogP contribution in [0.4, 0.5) is 0 Å². The lowest BCUT2D eigenvalue weighted by Crippen LogP contribution is -2.15. The van der Waals surface area contributed by atoms with Crippen molar-refractivity contribution in [2.24, 2.45) is 0 Å². The molecule has 112 valence electrons. The van der Waals surface area contributed by atoms with Gasteiger partial charge in [0.1, 0.15) is 12.4 Å². The molecule has 0 aromatic heterocycles. The molecule has 2 aromatic carbocycles. The molecule has 0 amide bonds. The number of nitrogens with one attached hydrogen (secondary N) is 1. The maximum absolute atomic E-state index is 6.01. The third kappa shape index (κ3) is 5.07. The Morgan fingerprint density at radius 1 is 1.05 bits per heavy atom. The lowest BCUT2D eigenvalue weighted by molar-refractivity contribution is 0.306. The fourth-order valence-corrected chi connectivity index (χ4v) is 2.20. The molecule has 0 aliphatic carbocycles. The molecule has 0 fully saturated rings. The first-order valence-corrected chi connectivity index (χ1v) is 7.74. The van der Waals surface area contributed by atoms with Crippen LogP contribution in [0.1, 0.15) is 23.6 Å². The molecule has 0 spiro atoms. The molecule has 2 nitrogen and oxygen atoms in total. The Labute approximate surface area is 132 Å². The highest BCUT2D eigenvalue weighted by atomic mass is 35.5. The van der Waals surface area contributed by atoms with Crippen molar-refractivity contribution in [3.8, 4) is 5.75 Å². The molecule has 1 N–H and O–H groups in total. The van der Waals surface area contributed by atoms with Crippen LogP contribution in [-0.2, 0) is 13.0 Å². The smallest absolute Gasteiger partial charge is 0.120 e. The number of hydrogen-bond donors (Lipinski definition) is 1. The summed E-state index contributed by atoms with van der Waals surface area (Å²) in [7, 11) is 0. The van der Waals surface area contributed by atoms with Crippen molar-refractivity contribution in [3.05, 3.63) is 64.2 Å². The zero-order chi connectivity index (χ0) is 15.1. The van der Waals surface area contributed by atoms with Crippen LogP contribution in [0.2, 0.25) is 5.02 Å². The van der Waals surface area contributed by atoms with Gasteiger partial charge >= 0.3 is 0 Å². The number of benzene rings is 2. The molecule has 2 aromatic rings. The summed E-state index contributed by atoms with van der Waals surface area (Å²) >= 11 is 6.01. The standard InChI is InChI=1S/C18H22ClNO/c1-3-20-11-10-15-4-6-16(7-5-15)13-21-17-8-9-18(19)14(2)12-17/h4-9,12,20H,3,10-11,13H2,1-2H3. The lowest BCUT2D eigenvalue weighted by Gasteiger charge is -2.09. The largest absolute Gasteiger partial charge is 0.489 e. The van der Waals surface area contributed by atoms with E-state index in [9.17, 15) is 0 Å². The Morgan fingerprint density at radius 2 is 1.76 bits per heavy atom. The lowest BCUT2D eigenvalue weighted by atomic mass is 10.1. The average molecular weight is 304 g/mol. The zero-order valence-corrected chi connectivity index (χ0v) is 13.4. The molecule has 0 radical (unpaired) electrons. The third-order valence-corrected chi connectivity index (χ3v) is 3.82. The molecular formula is C18H22ClNO. The number of likely N-dealkylation sites (N-methyl/N-ethyl adjacent to an activating group) is 1. The van der Waals surface area contributed by atoms with Gasteiger partial charge in [0.2, 0.25) is 0 Å². The van der Waals surface area contributed by atoms with Gasteiger partial charge in [0, 0.05) is 5.02 Å². The summed E-state index contributed by atoms with van der Waals surface area (Å²) in [5, 5.41) is 4.10. The van der Waals surface area contributed by atoms with E-state index in [0.29, 0.717) is 6.61 Å². The van der Waals surface area contributed by atoms with Crippen molar-refractivity contribution < 1.29 is 4.74 Å². The first kappa shape index (κ1) is 15.9. The molecule has 0 atom stereocenters. The number of aryl methyl sites for hydroxylation is 1. The fraction of sp³-hybridized carbons (Fsp3) is 0.333. The highest BCUT2D eigenvalue weighted by Crippen LogP contribution is 2.21. The monoisotopic (exact) mass is 303 g/mol. The van der Waals surface area contributed by atoms with E-state index in [1.807, 2.05) is 25.1 Å². The normalized spacial score (nSPS) is 10.6. The molecule has 0 saturated heterocycles. The molecule has 2 rings (SSSR count). The first-order chi connectivity index (χ1) is 10.2. The van der Waals surface area contributed by atoms with Crippen LogP contribution in [0.3, 0.4) is 0 Å². The Morgan fingerprint density at radius 3 is 2.43 bits per heavy atom. The van der Waals surface area contributed by atoms with E-state index in [1.54, 1.807) is 0 Å². The average Bonchev–Trinajstić information content (AvgIpc) is 2.50. The highest BCUT2D eigenvalue weighted by molar-refractivity contribution is 6.31. The second-order valence-corrected chi connectivity index (χ2v) is 5.53. The van der Waals surface area contributed by atoms with E-state index in [2.05, 4.69) is 36.5 Å². The minimum atomic E-state index is 0.578. The van der Waals surface area contributed by atoms with E-state index >= 15 is 0 Å². The maximum Gasteiger partial charge on any atom is 0.120 e. The van der Waals surface area contributed by atoms with Crippen LogP contribution in [0, 0.1) is 6.92 Å². The maximum atomic E-state index is 6.01. The predicted molar refractivity (Wildman–Crippen MR) is 89.2 cm³/mol. The van der Waals surface area contributed by atoms with E-state index in [0.717, 1.165) is 35.8 Å². The van der Waals surface area contributed by atoms with Crippen LogP contribution in [-0.4, -0.2) is 13.1 Å². The fourth-order valence-electron chi connectivity index (χ4n) is 2.09. The Hall–Kier alpha value is -1.51. The van der Waals surface area contributed by atoms with E-state index in [-0.39, 0.29) is 0 Å². The summed E-state index contributed by atoms with van der Waals surface area (Å²) < 4.78 is 5.80. The number of hydrogen-bond acceptors (Lipinski definition) is 2. The van der Waals surface area contributed by atoms with E-state index in [4.69, 9.17) is 16.3 Å². The van der Waals surface area contributed by atoms with Gasteiger partial charge in [-0.15, -0.1) is 0 Å². The van der Waals surface area contributed by atoms with Crippen molar-refractivity contribution in [1.82, 2.24) is 5.32 Å². The molecule has 0 aliphatic heterocycles. The van der Waals surface area contributed by atoms with Crippen molar-refractivity contribution in [2.45, 2.75) is 26.9 Å². The molecule has 0 aliphatic rings. The van der Waals surface area contributed by atoms with Crippen molar-refractivity contribution in [1.29, 1.82) is 0 Å². The van der Waals surface area contributed by atoms with Gasteiger partial charge in [0.05, 0.1) is 0 Å². The summed E-state index contributed by atoms with van der Waals surface area (Å²) in [4.78, 5) is 0. The minimum absolute atomic E-state index is 0.578. The first-order valence-electron chi connectivity index (χ1n) is 7.36. The van der Waals surface area contributed by atoms with Gasteiger partial charge in [-0.05, 0) is 61.3 Å². The van der Waals surface area contributed by atoms with Gasteiger partial charge in [-0.3, -0.25) is 0 Å². The van der Waals surface area contributed by atoms with Crippen molar-refractivity contribution in [2.75, 3.05) is 13.1 Å². The van der Waals surface area contributed by atoms with Crippen LogP contribution in [0.25, 0.3) is 0 Å². The SMILES string of the molecule is CCNCCc1ccc(COc2ccc(Cl)c(C)c2)cc1. The Bertz CT molecular complexity index is 566. The Kier molecular flexibility index (Phi) is 6.09. The Balaban J connectivity index is 1.86. The predicted octanol–water partition coefficient (Wildman–Crippen LogP) is 4.38. The van der Waals surface area contributed by atoms with Crippen LogP contribution >= 0.6 is 11.6 Å². The van der Waals surface area contributed by atoms with E-state index < -0.39 is 0 Å². The molecular weight excluding hydrogens is 282 g/mol. The molecule has 21 heavy (non-hydrogen) atoms. The van der Waals surface area contributed by atoms with Gasteiger partial charge < -0.3 is 10.1 Å². The molecule has 0 saturated carbocycles. The quantitative estimate of drug-likeness (QED) is 0.766. The number of ether oxygens (including phenoxy) is 1. The second-order valence-electron chi connectivity index (χ2n) is 5.12. The number of rotatable bonds is 7. The summed E-state index contributed by atoms with van der Waals surface area (Å²) in [6, 6.07) is 14.3. The number of halogens is 1. The zero-order valence-electron chi connectivity index (χ0n) is 12.7. The van der Waals surface area contributed by atoms with Gasteiger partial charge in [0.15, 0.2) is 0 Å². The molecule has 0 heterocycles. The third-order valence-electron chi connectivity index (χ3n) is 3.40. The van der Waals surface area contributed by atoms with Crippen molar-refractivity contribution >= 4 is 11.6 Å². The summed E-state index contributed by atoms with van der Waals surface area (Å²) in [6.07, 6.45) is 1.06. The van der Waals surface area contributed by atoms with Crippen LogP contribution in [0.5, 0.6) is 5.75 Å². The van der Waals surface area contributed by atoms with Crippen molar-refractivity contribution in [3.63, 3.8) is 0 Å².